The van der Waals surface area contributed by atoms with Gasteiger partial charge in [0.25, 0.3) is 0 Å². The number of nitrogens with one attached hydrogen (secondary N) is 1. The normalized spacial score (nSPS) is 12.4. The van der Waals surface area contributed by atoms with Crippen molar-refractivity contribution in [2.75, 3.05) is 7.05 Å². The minimum atomic E-state index is 0.155. The zero-order chi connectivity index (χ0) is 13.8. The number of hydrogen-bond donors (Lipinski definition) is 1. The van der Waals surface area contributed by atoms with Crippen LogP contribution in [0.3, 0.4) is 0 Å². The van der Waals surface area contributed by atoms with Crippen LogP contribution in [0.1, 0.15) is 34.1 Å². The Kier molecular flexibility index (Phi) is 4.27. The van der Waals surface area contributed by atoms with Crippen molar-refractivity contribution in [1.29, 1.82) is 0 Å². The molecule has 19 heavy (non-hydrogen) atoms. The molecule has 0 saturated carbocycles. The highest BCUT2D eigenvalue weighted by molar-refractivity contribution is 5.30. The molecule has 3 heteroatoms. The molecule has 0 aliphatic carbocycles. The van der Waals surface area contributed by atoms with E-state index in [0.29, 0.717) is 0 Å². The van der Waals surface area contributed by atoms with Crippen molar-refractivity contribution in [2.45, 2.75) is 33.2 Å². The van der Waals surface area contributed by atoms with Gasteiger partial charge >= 0.3 is 0 Å². The van der Waals surface area contributed by atoms with Crippen LogP contribution in [0.15, 0.2) is 30.6 Å². The molecule has 1 N–H and O–H groups in total. The van der Waals surface area contributed by atoms with Gasteiger partial charge in [0.15, 0.2) is 0 Å². The van der Waals surface area contributed by atoms with E-state index in [9.17, 15) is 0 Å². The predicted molar refractivity (Wildman–Crippen MR) is 78.2 cm³/mol. The number of rotatable bonds is 4. The number of aryl methyl sites for hydroxylation is 3. The molecule has 1 aromatic heterocycles. The van der Waals surface area contributed by atoms with Gasteiger partial charge in [0.2, 0.25) is 0 Å². The molecule has 0 aliphatic rings. The smallest absolute Gasteiger partial charge is 0.145 e. The Morgan fingerprint density at radius 1 is 1.05 bits per heavy atom. The Labute approximate surface area is 115 Å². The van der Waals surface area contributed by atoms with Gasteiger partial charge in [0.1, 0.15) is 5.82 Å². The van der Waals surface area contributed by atoms with Crippen LogP contribution in [-0.4, -0.2) is 17.0 Å². The van der Waals surface area contributed by atoms with Gasteiger partial charge in [-0.3, -0.25) is 0 Å². The Hall–Kier alpha value is -1.74. The van der Waals surface area contributed by atoms with Crippen molar-refractivity contribution < 1.29 is 0 Å². The van der Waals surface area contributed by atoms with E-state index in [0.717, 1.165) is 17.8 Å². The van der Waals surface area contributed by atoms with Gasteiger partial charge in [0, 0.05) is 12.4 Å². The van der Waals surface area contributed by atoms with Gasteiger partial charge in [0.05, 0.1) is 6.04 Å². The number of aromatic nitrogens is 2. The first kappa shape index (κ1) is 13.7. The van der Waals surface area contributed by atoms with Crippen LogP contribution in [-0.2, 0) is 6.42 Å². The first-order chi connectivity index (χ1) is 9.10. The third kappa shape index (κ3) is 3.38. The summed E-state index contributed by atoms with van der Waals surface area (Å²) in [5.74, 6) is 0.853. The molecule has 0 saturated heterocycles. The average molecular weight is 255 g/mol. The predicted octanol–water partition coefficient (Wildman–Crippen LogP) is 2.91. The van der Waals surface area contributed by atoms with Crippen LogP contribution in [0.2, 0.25) is 0 Å². The fraction of sp³-hybridized carbons (Fsp3) is 0.375. The maximum atomic E-state index is 4.41. The van der Waals surface area contributed by atoms with Crippen molar-refractivity contribution in [3.8, 4) is 0 Å². The van der Waals surface area contributed by atoms with Crippen molar-refractivity contribution in [2.24, 2.45) is 0 Å². The minimum Gasteiger partial charge on any atom is -0.310 e. The van der Waals surface area contributed by atoms with Crippen LogP contribution in [0.5, 0.6) is 0 Å². The van der Waals surface area contributed by atoms with Gasteiger partial charge in [-0.2, -0.15) is 0 Å². The summed E-state index contributed by atoms with van der Waals surface area (Å²) in [5, 5.41) is 3.30. The first-order valence-corrected chi connectivity index (χ1v) is 6.62. The van der Waals surface area contributed by atoms with E-state index < -0.39 is 0 Å². The molecule has 0 aliphatic heterocycles. The lowest BCUT2D eigenvalue weighted by Crippen LogP contribution is -2.21. The largest absolute Gasteiger partial charge is 0.310 e. The number of nitrogens with zero attached hydrogens (tertiary/aromatic N) is 2. The summed E-state index contributed by atoms with van der Waals surface area (Å²) in [5.41, 5.74) is 5.06. The third-order valence-corrected chi connectivity index (χ3v) is 3.47. The van der Waals surface area contributed by atoms with Crippen LogP contribution in [0.4, 0.5) is 0 Å². The number of hydrogen-bond acceptors (Lipinski definition) is 3. The summed E-state index contributed by atoms with van der Waals surface area (Å²) < 4.78 is 0. The Morgan fingerprint density at radius 3 is 2.32 bits per heavy atom. The monoisotopic (exact) mass is 255 g/mol. The fourth-order valence-corrected chi connectivity index (χ4v) is 2.07. The zero-order valence-electron chi connectivity index (χ0n) is 12.1. The third-order valence-electron chi connectivity index (χ3n) is 3.47. The first-order valence-electron chi connectivity index (χ1n) is 6.62. The van der Waals surface area contributed by atoms with Crippen LogP contribution in [0.25, 0.3) is 0 Å². The number of likely N-dealkylation sites (N-methyl/N-ethyl adjacent to an activating group) is 1. The van der Waals surface area contributed by atoms with Gasteiger partial charge in [-0.25, -0.2) is 9.97 Å². The molecule has 1 heterocycles. The molecule has 100 valence electrons. The van der Waals surface area contributed by atoms with E-state index in [1.54, 1.807) is 0 Å². The van der Waals surface area contributed by atoms with Gasteiger partial charge < -0.3 is 5.32 Å². The zero-order valence-corrected chi connectivity index (χ0v) is 12.1. The van der Waals surface area contributed by atoms with Crippen molar-refractivity contribution in [1.82, 2.24) is 15.3 Å². The summed E-state index contributed by atoms with van der Waals surface area (Å²) in [6.07, 6.45) is 4.64. The molecular formula is C16H21N3. The standard InChI is InChI=1S/C16H21N3/c1-11-9-18-16(19-10-11)15(17-4)8-14-6-5-12(2)13(3)7-14/h5-7,9-10,15,17H,8H2,1-4H3. The molecule has 1 aromatic carbocycles. The quantitative estimate of drug-likeness (QED) is 0.913. The molecule has 2 rings (SSSR count). The highest BCUT2D eigenvalue weighted by atomic mass is 15.0. The Bertz CT molecular complexity index is 546. The SMILES string of the molecule is CNC(Cc1ccc(C)c(C)c1)c1ncc(C)cn1. The molecule has 1 unspecified atom stereocenters. The van der Waals surface area contributed by atoms with E-state index in [-0.39, 0.29) is 6.04 Å². The maximum Gasteiger partial charge on any atom is 0.145 e. The molecular weight excluding hydrogens is 234 g/mol. The second kappa shape index (κ2) is 5.93. The van der Waals surface area contributed by atoms with E-state index >= 15 is 0 Å². The van der Waals surface area contributed by atoms with E-state index in [1.165, 1.54) is 16.7 Å². The lowest BCUT2D eigenvalue weighted by Gasteiger charge is -2.15. The minimum absolute atomic E-state index is 0.155. The van der Waals surface area contributed by atoms with Gasteiger partial charge in [-0.05, 0) is 56.5 Å². The topological polar surface area (TPSA) is 37.8 Å². The molecule has 1 atom stereocenters. The highest BCUT2D eigenvalue weighted by Gasteiger charge is 2.13. The molecule has 0 fully saturated rings. The van der Waals surface area contributed by atoms with E-state index in [2.05, 4.69) is 47.3 Å². The molecule has 0 amide bonds. The molecule has 0 radical (unpaired) electrons. The van der Waals surface area contributed by atoms with Crippen molar-refractivity contribution in [3.05, 3.63) is 58.7 Å². The maximum absolute atomic E-state index is 4.41. The van der Waals surface area contributed by atoms with Crippen LogP contribution < -0.4 is 5.32 Å². The summed E-state index contributed by atoms with van der Waals surface area (Å²) in [6.45, 7) is 6.29. The fourth-order valence-electron chi connectivity index (χ4n) is 2.07. The molecule has 2 aromatic rings. The van der Waals surface area contributed by atoms with Crippen LogP contribution in [0, 0.1) is 20.8 Å². The summed E-state index contributed by atoms with van der Waals surface area (Å²) in [4.78, 5) is 8.82. The molecule has 3 nitrogen and oxygen atoms in total. The molecule has 0 spiro atoms. The molecule has 0 bridgehead atoms. The summed E-state index contributed by atoms with van der Waals surface area (Å²) >= 11 is 0. The summed E-state index contributed by atoms with van der Waals surface area (Å²) in [6, 6.07) is 6.75. The lowest BCUT2D eigenvalue weighted by atomic mass is 10.0. The Balaban J connectivity index is 2.18. The Morgan fingerprint density at radius 2 is 1.74 bits per heavy atom. The van der Waals surface area contributed by atoms with Gasteiger partial charge in [-0.1, -0.05) is 18.2 Å². The van der Waals surface area contributed by atoms with Crippen molar-refractivity contribution >= 4 is 0 Å². The van der Waals surface area contributed by atoms with Gasteiger partial charge in [-0.15, -0.1) is 0 Å². The lowest BCUT2D eigenvalue weighted by molar-refractivity contribution is 0.556. The number of benzene rings is 1. The van der Waals surface area contributed by atoms with E-state index in [1.807, 2.05) is 26.4 Å². The second-order valence-electron chi connectivity index (χ2n) is 5.08. The highest BCUT2D eigenvalue weighted by Crippen LogP contribution is 2.17. The average Bonchev–Trinajstić information content (AvgIpc) is 2.41. The van der Waals surface area contributed by atoms with Crippen molar-refractivity contribution in [3.63, 3.8) is 0 Å². The second-order valence-corrected chi connectivity index (χ2v) is 5.08. The van der Waals surface area contributed by atoms with Crippen LogP contribution >= 0.6 is 0 Å². The summed E-state index contributed by atoms with van der Waals surface area (Å²) in [7, 11) is 1.95. The van der Waals surface area contributed by atoms with E-state index in [4.69, 9.17) is 0 Å².